The molecule has 1 aliphatic rings. The highest BCUT2D eigenvalue weighted by atomic mass is 35.5. The van der Waals surface area contributed by atoms with Crippen LogP contribution < -0.4 is 9.64 Å². The molecule has 1 atom stereocenters. The van der Waals surface area contributed by atoms with Gasteiger partial charge in [-0.25, -0.2) is 9.69 Å². The largest absolute Gasteiger partial charge is 0.479 e. The van der Waals surface area contributed by atoms with Crippen molar-refractivity contribution in [3.05, 3.63) is 64.0 Å². The zero-order valence-corrected chi connectivity index (χ0v) is 16.4. The number of carbonyl (C=O) groups excluding carboxylic acids is 2. The lowest BCUT2D eigenvalue weighted by Crippen LogP contribution is -2.27. The molecule has 0 saturated carbocycles. The van der Waals surface area contributed by atoms with Gasteiger partial charge in [0.2, 0.25) is 0 Å². The number of rotatable bonds is 6. The summed E-state index contributed by atoms with van der Waals surface area (Å²) in [5.74, 6) is -1.12. The summed E-state index contributed by atoms with van der Waals surface area (Å²) in [5, 5.41) is 9.13. The Bertz CT molecular complexity index is 975. The van der Waals surface area contributed by atoms with E-state index in [4.69, 9.17) is 21.4 Å². The van der Waals surface area contributed by atoms with Crippen molar-refractivity contribution in [3.63, 3.8) is 0 Å². The topological polar surface area (TPSA) is 83.9 Å². The molecule has 6 nitrogen and oxygen atoms in total. The molecule has 0 aromatic heterocycles. The maximum Gasteiger partial charge on any atom is 0.344 e. The average molecular weight is 418 g/mol. The Morgan fingerprint density at radius 1 is 1.25 bits per heavy atom. The van der Waals surface area contributed by atoms with Crippen LogP contribution in [0.25, 0.3) is 6.08 Å². The number of carbonyl (C=O) groups is 3. The van der Waals surface area contributed by atoms with Crippen LogP contribution >= 0.6 is 23.4 Å². The van der Waals surface area contributed by atoms with E-state index in [0.29, 0.717) is 28.4 Å². The normalized spacial score (nSPS) is 16.5. The second-order valence-corrected chi connectivity index (χ2v) is 7.35. The van der Waals surface area contributed by atoms with E-state index in [1.807, 2.05) is 0 Å². The Labute approximate surface area is 170 Å². The van der Waals surface area contributed by atoms with Gasteiger partial charge in [-0.1, -0.05) is 36.7 Å². The molecule has 2 amide bonds. The van der Waals surface area contributed by atoms with Gasteiger partial charge in [0.15, 0.2) is 6.10 Å². The number of carboxylic acid groups (broad SMARTS) is 1. The molecule has 0 bridgehead atoms. The third-order valence-electron chi connectivity index (χ3n) is 3.94. The molecule has 1 fully saturated rings. The first kappa shape index (κ1) is 20.0. The summed E-state index contributed by atoms with van der Waals surface area (Å²) in [4.78, 5) is 37.5. The fourth-order valence-electron chi connectivity index (χ4n) is 2.61. The van der Waals surface area contributed by atoms with Gasteiger partial charge in [0.05, 0.1) is 10.6 Å². The second kappa shape index (κ2) is 8.50. The maximum atomic E-state index is 12.7. The van der Waals surface area contributed by atoms with Crippen LogP contribution in [0.4, 0.5) is 10.5 Å². The number of benzene rings is 2. The first-order valence-corrected chi connectivity index (χ1v) is 9.61. The van der Waals surface area contributed by atoms with Gasteiger partial charge in [-0.05, 0) is 60.2 Å². The van der Waals surface area contributed by atoms with Crippen molar-refractivity contribution >= 4 is 52.2 Å². The summed E-state index contributed by atoms with van der Waals surface area (Å²) in [5.41, 5.74) is 1.03. The zero-order valence-electron chi connectivity index (χ0n) is 14.8. The number of thioether (sulfide) groups is 1. The molecule has 28 heavy (non-hydrogen) atoms. The number of hydrogen-bond acceptors (Lipinski definition) is 5. The van der Waals surface area contributed by atoms with Gasteiger partial charge in [-0.2, -0.15) is 0 Å². The minimum Gasteiger partial charge on any atom is -0.479 e. The van der Waals surface area contributed by atoms with Crippen molar-refractivity contribution < 1.29 is 24.2 Å². The number of hydrogen-bond donors (Lipinski definition) is 1. The number of nitrogens with zero attached hydrogens (tertiary/aromatic N) is 1. The van der Waals surface area contributed by atoms with Crippen LogP contribution in [0, 0.1) is 0 Å². The third kappa shape index (κ3) is 4.37. The van der Waals surface area contributed by atoms with Gasteiger partial charge in [0.1, 0.15) is 5.75 Å². The first-order valence-electron chi connectivity index (χ1n) is 8.42. The number of ether oxygens (including phenoxy) is 1. The highest BCUT2D eigenvalue weighted by Gasteiger charge is 2.36. The molecule has 1 N–H and O–H groups in total. The molecule has 8 heteroatoms. The first-order chi connectivity index (χ1) is 13.4. The Balaban J connectivity index is 1.84. The average Bonchev–Trinajstić information content (AvgIpc) is 2.93. The van der Waals surface area contributed by atoms with Gasteiger partial charge >= 0.3 is 5.97 Å². The summed E-state index contributed by atoms with van der Waals surface area (Å²) in [6.45, 7) is 1.72. The Kier molecular flexibility index (Phi) is 6.06. The van der Waals surface area contributed by atoms with E-state index in [1.54, 1.807) is 61.5 Å². The van der Waals surface area contributed by atoms with E-state index < -0.39 is 23.2 Å². The highest BCUT2D eigenvalue weighted by Crippen LogP contribution is 2.36. The summed E-state index contributed by atoms with van der Waals surface area (Å²) in [6.07, 6.45) is 0.938. The van der Waals surface area contributed by atoms with E-state index in [1.165, 1.54) is 0 Å². The predicted molar refractivity (Wildman–Crippen MR) is 109 cm³/mol. The van der Waals surface area contributed by atoms with E-state index in [0.717, 1.165) is 16.7 Å². The summed E-state index contributed by atoms with van der Waals surface area (Å²) < 4.78 is 5.47. The molecule has 2 aromatic carbocycles. The highest BCUT2D eigenvalue weighted by molar-refractivity contribution is 8.19. The molecule has 1 saturated heterocycles. The van der Waals surface area contributed by atoms with Gasteiger partial charge in [-0.15, -0.1) is 0 Å². The van der Waals surface area contributed by atoms with E-state index >= 15 is 0 Å². The molecule has 0 radical (unpaired) electrons. The molecule has 144 valence electrons. The Hall–Kier alpha value is -2.77. The van der Waals surface area contributed by atoms with Crippen LogP contribution in [0.1, 0.15) is 18.9 Å². The Morgan fingerprint density at radius 3 is 2.68 bits per heavy atom. The van der Waals surface area contributed by atoms with Crippen molar-refractivity contribution in [1.82, 2.24) is 0 Å². The fourth-order valence-corrected chi connectivity index (χ4v) is 3.63. The summed E-state index contributed by atoms with van der Waals surface area (Å²) in [6, 6.07) is 13.2. The lowest BCUT2D eigenvalue weighted by atomic mass is 10.2. The van der Waals surface area contributed by atoms with Crippen molar-refractivity contribution in [2.45, 2.75) is 19.4 Å². The molecular formula is C20H16ClNO5S. The van der Waals surface area contributed by atoms with Crippen LogP contribution in [0.2, 0.25) is 5.02 Å². The number of amides is 2. The van der Waals surface area contributed by atoms with Crippen LogP contribution in [-0.2, 0) is 9.59 Å². The SMILES string of the molecule is CCC(Oc1cccc(/C=C2/SC(=O)N(c3cccc(Cl)c3)C2=O)c1)C(=O)O. The molecule has 2 aromatic rings. The predicted octanol–water partition coefficient (Wildman–Crippen LogP) is 4.82. The molecular weight excluding hydrogens is 402 g/mol. The standard InChI is InChI=1S/C20H16ClNO5S/c1-2-16(19(24)25)27-15-8-3-5-12(9-15)10-17-18(23)22(20(26)28-17)14-7-4-6-13(21)11-14/h3-11,16H,2H2,1H3,(H,24,25)/b17-10+. The lowest BCUT2D eigenvalue weighted by molar-refractivity contribution is -0.145. The molecule has 1 unspecified atom stereocenters. The second-order valence-electron chi connectivity index (χ2n) is 5.92. The van der Waals surface area contributed by atoms with Crippen molar-refractivity contribution in [1.29, 1.82) is 0 Å². The summed E-state index contributed by atoms with van der Waals surface area (Å²) in [7, 11) is 0. The van der Waals surface area contributed by atoms with Crippen molar-refractivity contribution in [2.24, 2.45) is 0 Å². The molecule has 0 aliphatic carbocycles. The third-order valence-corrected chi connectivity index (χ3v) is 5.05. The number of anilines is 1. The van der Waals surface area contributed by atoms with E-state index in [2.05, 4.69) is 0 Å². The maximum absolute atomic E-state index is 12.7. The molecule has 1 aliphatic heterocycles. The summed E-state index contributed by atoms with van der Waals surface area (Å²) >= 11 is 6.78. The molecule has 3 rings (SSSR count). The van der Waals surface area contributed by atoms with Gasteiger partial charge in [0.25, 0.3) is 11.1 Å². The quantitative estimate of drug-likeness (QED) is 0.678. The number of aliphatic carboxylic acids is 1. The van der Waals surface area contributed by atoms with Crippen LogP contribution in [0.3, 0.4) is 0 Å². The minimum atomic E-state index is -1.05. The number of halogens is 1. The number of imide groups is 1. The number of carboxylic acids is 1. The van der Waals surface area contributed by atoms with E-state index in [-0.39, 0.29) is 4.91 Å². The van der Waals surface area contributed by atoms with Crippen LogP contribution in [0.15, 0.2) is 53.4 Å². The zero-order chi connectivity index (χ0) is 20.3. The van der Waals surface area contributed by atoms with Gasteiger partial charge in [-0.3, -0.25) is 9.59 Å². The Morgan fingerprint density at radius 2 is 2.00 bits per heavy atom. The van der Waals surface area contributed by atoms with Crippen LogP contribution in [-0.4, -0.2) is 28.3 Å². The monoisotopic (exact) mass is 417 g/mol. The fraction of sp³-hybridized carbons (Fsp3) is 0.150. The van der Waals surface area contributed by atoms with Crippen molar-refractivity contribution in [2.75, 3.05) is 4.90 Å². The lowest BCUT2D eigenvalue weighted by Gasteiger charge is -2.13. The van der Waals surface area contributed by atoms with Gasteiger partial charge < -0.3 is 9.84 Å². The van der Waals surface area contributed by atoms with Crippen molar-refractivity contribution in [3.8, 4) is 5.75 Å². The molecule has 1 heterocycles. The van der Waals surface area contributed by atoms with E-state index in [9.17, 15) is 14.4 Å². The minimum absolute atomic E-state index is 0.257. The smallest absolute Gasteiger partial charge is 0.344 e. The van der Waals surface area contributed by atoms with Gasteiger partial charge in [0, 0.05) is 5.02 Å². The van der Waals surface area contributed by atoms with Crippen LogP contribution in [0.5, 0.6) is 5.75 Å². The molecule has 0 spiro atoms.